The number of nitrogens with two attached hydrogens (primary N) is 1. The van der Waals surface area contributed by atoms with Crippen LogP contribution >= 0.6 is 22.9 Å². The van der Waals surface area contributed by atoms with Crippen molar-refractivity contribution in [1.29, 1.82) is 0 Å². The normalized spacial score (nSPS) is 10.9. The summed E-state index contributed by atoms with van der Waals surface area (Å²) in [4.78, 5) is 14.4. The molecule has 0 saturated heterocycles. The molecular weight excluding hydrogens is 284 g/mol. The third-order valence-electron chi connectivity index (χ3n) is 2.87. The fourth-order valence-corrected chi connectivity index (χ4v) is 3.27. The number of halogens is 1. The second-order valence-electron chi connectivity index (χ2n) is 4.18. The number of amides is 1. The van der Waals surface area contributed by atoms with Gasteiger partial charge in [-0.2, -0.15) is 0 Å². The summed E-state index contributed by atoms with van der Waals surface area (Å²) in [6, 6.07) is 5.54. The second-order valence-corrected chi connectivity index (χ2v) is 5.64. The smallest absolute Gasteiger partial charge is 0.265 e. The van der Waals surface area contributed by atoms with Gasteiger partial charge in [0.2, 0.25) is 0 Å². The molecule has 0 saturated carbocycles. The van der Waals surface area contributed by atoms with Crippen molar-refractivity contribution < 1.29 is 9.53 Å². The molecule has 0 fully saturated rings. The Morgan fingerprint density at radius 1 is 1.53 bits per heavy atom. The van der Waals surface area contributed by atoms with Crippen LogP contribution in [0.2, 0.25) is 5.02 Å². The molecule has 0 aliphatic heterocycles. The van der Waals surface area contributed by atoms with Crippen LogP contribution in [-0.4, -0.2) is 38.1 Å². The summed E-state index contributed by atoms with van der Waals surface area (Å²) >= 11 is 7.49. The van der Waals surface area contributed by atoms with Crippen LogP contribution in [0.5, 0.6) is 0 Å². The number of ether oxygens (including phenoxy) is 1. The van der Waals surface area contributed by atoms with E-state index >= 15 is 0 Å². The number of carbonyl (C=O) groups excluding carboxylic acids is 1. The molecule has 2 rings (SSSR count). The van der Waals surface area contributed by atoms with Gasteiger partial charge in [0, 0.05) is 30.8 Å². The Bertz CT molecular complexity index is 612. The van der Waals surface area contributed by atoms with Crippen molar-refractivity contribution in [2.75, 3.05) is 33.0 Å². The van der Waals surface area contributed by atoms with Gasteiger partial charge in [-0.25, -0.2) is 0 Å². The van der Waals surface area contributed by atoms with Crippen molar-refractivity contribution in [1.82, 2.24) is 4.90 Å². The molecular formula is C13H15ClN2O2S. The lowest BCUT2D eigenvalue weighted by molar-refractivity contribution is 0.0750. The lowest BCUT2D eigenvalue weighted by Gasteiger charge is -2.15. The van der Waals surface area contributed by atoms with Crippen molar-refractivity contribution in [2.24, 2.45) is 0 Å². The van der Waals surface area contributed by atoms with Crippen LogP contribution < -0.4 is 5.73 Å². The van der Waals surface area contributed by atoms with E-state index < -0.39 is 0 Å². The first-order valence-electron chi connectivity index (χ1n) is 5.77. The summed E-state index contributed by atoms with van der Waals surface area (Å²) in [7, 11) is 3.33. The van der Waals surface area contributed by atoms with Crippen molar-refractivity contribution in [3.05, 3.63) is 28.1 Å². The van der Waals surface area contributed by atoms with E-state index in [0.717, 1.165) is 10.1 Å². The van der Waals surface area contributed by atoms with Gasteiger partial charge in [-0.3, -0.25) is 4.79 Å². The molecule has 0 spiro atoms. The molecule has 0 radical (unpaired) electrons. The molecule has 19 heavy (non-hydrogen) atoms. The van der Waals surface area contributed by atoms with Crippen molar-refractivity contribution >= 4 is 44.6 Å². The minimum Gasteiger partial charge on any atom is -0.397 e. The number of anilines is 1. The Morgan fingerprint density at radius 3 is 2.89 bits per heavy atom. The van der Waals surface area contributed by atoms with E-state index in [9.17, 15) is 4.79 Å². The van der Waals surface area contributed by atoms with Gasteiger partial charge in [0.05, 0.1) is 17.3 Å². The van der Waals surface area contributed by atoms with E-state index in [1.54, 1.807) is 25.1 Å². The average Bonchev–Trinajstić information content (AvgIpc) is 2.73. The number of nitrogens with zero attached hydrogens (tertiary/aromatic N) is 1. The van der Waals surface area contributed by atoms with Gasteiger partial charge in [0.1, 0.15) is 4.88 Å². The molecule has 4 nitrogen and oxygen atoms in total. The zero-order valence-corrected chi connectivity index (χ0v) is 12.3. The molecule has 0 atom stereocenters. The van der Waals surface area contributed by atoms with Gasteiger partial charge >= 0.3 is 0 Å². The van der Waals surface area contributed by atoms with Gasteiger partial charge in [-0.05, 0) is 12.1 Å². The molecule has 0 unspecified atom stereocenters. The van der Waals surface area contributed by atoms with Crippen molar-refractivity contribution in [3.63, 3.8) is 0 Å². The van der Waals surface area contributed by atoms with E-state index in [-0.39, 0.29) is 5.91 Å². The van der Waals surface area contributed by atoms with Crippen LogP contribution in [0.4, 0.5) is 5.69 Å². The Kier molecular flexibility index (Phi) is 4.29. The molecule has 1 heterocycles. The zero-order chi connectivity index (χ0) is 14.0. The topological polar surface area (TPSA) is 55.6 Å². The predicted octanol–water partition coefficient (Wildman–Crippen LogP) is 2.86. The van der Waals surface area contributed by atoms with E-state index in [1.807, 2.05) is 12.1 Å². The summed E-state index contributed by atoms with van der Waals surface area (Å²) < 4.78 is 5.89. The summed E-state index contributed by atoms with van der Waals surface area (Å²) in [5.74, 6) is -0.105. The van der Waals surface area contributed by atoms with Gasteiger partial charge in [-0.15, -0.1) is 11.3 Å². The first-order valence-corrected chi connectivity index (χ1v) is 6.96. The average molecular weight is 299 g/mol. The number of hydrogen-bond acceptors (Lipinski definition) is 4. The number of likely N-dealkylation sites (N-methyl/N-ethyl adjacent to an activating group) is 1. The van der Waals surface area contributed by atoms with Crippen molar-refractivity contribution in [3.8, 4) is 0 Å². The van der Waals surface area contributed by atoms with Crippen LogP contribution in [0.3, 0.4) is 0 Å². The highest BCUT2D eigenvalue weighted by atomic mass is 35.5. The van der Waals surface area contributed by atoms with Gasteiger partial charge in [-0.1, -0.05) is 17.7 Å². The summed E-state index contributed by atoms with van der Waals surface area (Å²) in [5.41, 5.74) is 6.51. The highest BCUT2D eigenvalue weighted by molar-refractivity contribution is 7.21. The first kappa shape index (κ1) is 14.1. The standard InChI is InChI=1S/C13H15ClN2O2S/c1-16(6-7-18-2)13(17)12-11(15)10-8(14)4-3-5-9(10)19-12/h3-5H,6-7,15H2,1-2H3. The van der Waals surface area contributed by atoms with E-state index in [1.165, 1.54) is 11.3 Å². The molecule has 1 aromatic heterocycles. The van der Waals surface area contributed by atoms with Crippen molar-refractivity contribution in [2.45, 2.75) is 0 Å². The molecule has 102 valence electrons. The van der Waals surface area contributed by atoms with Gasteiger partial charge < -0.3 is 15.4 Å². The number of methoxy groups -OCH3 is 1. The molecule has 0 aliphatic carbocycles. The molecule has 1 aromatic carbocycles. The number of thiophene rings is 1. The van der Waals surface area contributed by atoms with Crippen LogP contribution in [0.25, 0.3) is 10.1 Å². The Balaban J connectivity index is 2.38. The largest absolute Gasteiger partial charge is 0.397 e. The Morgan fingerprint density at radius 2 is 2.26 bits per heavy atom. The molecule has 0 bridgehead atoms. The number of fused-ring (bicyclic) bond motifs is 1. The lowest BCUT2D eigenvalue weighted by atomic mass is 10.2. The molecule has 0 aliphatic rings. The van der Waals surface area contributed by atoms with E-state index in [2.05, 4.69) is 0 Å². The highest BCUT2D eigenvalue weighted by Gasteiger charge is 2.20. The third-order valence-corrected chi connectivity index (χ3v) is 4.35. The summed E-state index contributed by atoms with van der Waals surface area (Å²) in [5, 5.41) is 1.34. The predicted molar refractivity (Wildman–Crippen MR) is 80.1 cm³/mol. The van der Waals surface area contributed by atoms with Crippen LogP contribution in [0, 0.1) is 0 Å². The van der Waals surface area contributed by atoms with E-state index in [4.69, 9.17) is 22.1 Å². The third kappa shape index (κ3) is 2.68. The quantitative estimate of drug-likeness (QED) is 0.944. The minimum absolute atomic E-state index is 0.105. The van der Waals surface area contributed by atoms with Crippen LogP contribution in [0.1, 0.15) is 9.67 Å². The van der Waals surface area contributed by atoms with E-state index in [0.29, 0.717) is 28.7 Å². The van der Waals surface area contributed by atoms with Gasteiger partial charge in [0.25, 0.3) is 5.91 Å². The Labute approximate surface area is 120 Å². The molecule has 2 N–H and O–H groups in total. The number of rotatable bonds is 4. The SMILES string of the molecule is COCCN(C)C(=O)c1sc2cccc(Cl)c2c1N. The van der Waals surface area contributed by atoms with Gasteiger partial charge in [0.15, 0.2) is 0 Å². The molecule has 1 amide bonds. The fraction of sp³-hybridized carbons (Fsp3) is 0.308. The zero-order valence-electron chi connectivity index (χ0n) is 10.8. The lowest BCUT2D eigenvalue weighted by Crippen LogP contribution is -2.29. The molecule has 6 heteroatoms. The first-order chi connectivity index (χ1) is 9.06. The fourth-order valence-electron chi connectivity index (χ4n) is 1.79. The number of hydrogen-bond donors (Lipinski definition) is 1. The maximum Gasteiger partial charge on any atom is 0.265 e. The number of nitrogen functional groups attached to an aromatic ring is 1. The number of carbonyl (C=O) groups is 1. The second kappa shape index (κ2) is 5.77. The summed E-state index contributed by atoms with van der Waals surface area (Å²) in [6.07, 6.45) is 0. The monoisotopic (exact) mass is 298 g/mol. The van der Waals surface area contributed by atoms with Crippen LogP contribution in [-0.2, 0) is 4.74 Å². The minimum atomic E-state index is -0.105. The number of benzene rings is 1. The maximum atomic E-state index is 12.3. The van der Waals surface area contributed by atoms with Crippen LogP contribution in [0.15, 0.2) is 18.2 Å². The highest BCUT2D eigenvalue weighted by Crippen LogP contribution is 2.38. The Hall–Kier alpha value is -1.30. The molecule has 2 aromatic rings. The summed E-state index contributed by atoms with van der Waals surface area (Å²) in [6.45, 7) is 1.02. The maximum absolute atomic E-state index is 12.3.